The van der Waals surface area contributed by atoms with E-state index in [9.17, 15) is 9.59 Å². The van der Waals surface area contributed by atoms with Gasteiger partial charge in [-0.3, -0.25) is 4.79 Å². The number of carboxylic acids is 1. The molecule has 2 N–H and O–H groups in total. The summed E-state index contributed by atoms with van der Waals surface area (Å²) in [6.45, 7) is 1.70. The molecule has 0 fully saturated rings. The zero-order valence-corrected chi connectivity index (χ0v) is 10.3. The molecular weight excluding hydrogens is 242 g/mol. The Hall–Kier alpha value is -1.40. The molecule has 0 aliphatic heterocycles. The van der Waals surface area contributed by atoms with Gasteiger partial charge in [-0.15, -0.1) is 11.3 Å². The minimum absolute atomic E-state index is 0.224. The lowest BCUT2D eigenvalue weighted by atomic mass is 10.3. The van der Waals surface area contributed by atoms with Gasteiger partial charge in [0.1, 0.15) is 6.61 Å². The maximum atomic E-state index is 11.3. The first-order chi connectivity index (χ1) is 8.09. The van der Waals surface area contributed by atoms with Crippen molar-refractivity contribution in [2.24, 2.45) is 0 Å². The third-order valence-electron chi connectivity index (χ3n) is 2.09. The molecule has 6 heteroatoms. The molecule has 0 saturated carbocycles. The van der Waals surface area contributed by atoms with Crippen molar-refractivity contribution in [2.45, 2.75) is 19.4 Å². The summed E-state index contributed by atoms with van der Waals surface area (Å²) in [5.41, 5.74) is 0. The molecule has 0 aliphatic carbocycles. The van der Waals surface area contributed by atoms with Gasteiger partial charge in [0.05, 0.1) is 0 Å². The van der Waals surface area contributed by atoms with Crippen LogP contribution < -0.4 is 5.32 Å². The van der Waals surface area contributed by atoms with Crippen LogP contribution in [0.5, 0.6) is 0 Å². The predicted molar refractivity (Wildman–Crippen MR) is 64.1 cm³/mol. The summed E-state index contributed by atoms with van der Waals surface area (Å²) in [6, 6.07) is 3.96. The van der Waals surface area contributed by atoms with Crippen LogP contribution >= 0.6 is 11.3 Å². The summed E-state index contributed by atoms with van der Waals surface area (Å²) in [6.07, 6.45) is -0.184. The van der Waals surface area contributed by atoms with Crippen LogP contribution in [0.1, 0.15) is 11.8 Å². The van der Waals surface area contributed by atoms with E-state index in [1.54, 1.807) is 11.3 Å². The van der Waals surface area contributed by atoms with E-state index in [0.29, 0.717) is 6.54 Å². The molecular formula is C11H15NO4S. The number of carbonyl (C=O) groups is 2. The fourth-order valence-corrected chi connectivity index (χ4v) is 1.81. The molecule has 1 unspecified atom stereocenters. The maximum Gasteiger partial charge on any atom is 0.332 e. The van der Waals surface area contributed by atoms with E-state index in [0.717, 1.165) is 6.42 Å². The Morgan fingerprint density at radius 3 is 2.94 bits per heavy atom. The number of nitrogens with one attached hydrogen (secondary N) is 1. The molecule has 1 rings (SSSR count). The number of thiophene rings is 1. The third kappa shape index (κ3) is 5.46. The highest BCUT2D eigenvalue weighted by Crippen LogP contribution is 2.07. The van der Waals surface area contributed by atoms with Crippen molar-refractivity contribution in [1.82, 2.24) is 5.32 Å². The fourth-order valence-electron chi connectivity index (χ4n) is 1.10. The normalized spacial score (nSPS) is 12.1. The van der Waals surface area contributed by atoms with Crippen LogP contribution in [0.15, 0.2) is 17.5 Å². The molecule has 0 aliphatic rings. The molecule has 1 heterocycles. The molecule has 1 atom stereocenters. The second-order valence-electron chi connectivity index (χ2n) is 3.47. The summed E-state index contributed by atoms with van der Waals surface area (Å²) in [7, 11) is 0. The zero-order chi connectivity index (χ0) is 12.7. The number of carbonyl (C=O) groups excluding carboxylic acids is 1. The minimum Gasteiger partial charge on any atom is -0.479 e. The third-order valence-corrected chi connectivity index (χ3v) is 3.02. The number of carboxylic acid groups (broad SMARTS) is 1. The van der Waals surface area contributed by atoms with Crippen LogP contribution in [0.3, 0.4) is 0 Å². The van der Waals surface area contributed by atoms with Crippen LogP contribution in [-0.4, -0.2) is 36.2 Å². The van der Waals surface area contributed by atoms with E-state index in [2.05, 4.69) is 5.32 Å². The highest BCUT2D eigenvalue weighted by atomic mass is 32.1. The van der Waals surface area contributed by atoms with E-state index in [4.69, 9.17) is 9.84 Å². The molecule has 94 valence electrons. The standard InChI is InChI=1S/C11H15NO4S/c1-8(11(14)15)16-7-10(13)12-5-4-9-3-2-6-17-9/h2-3,6,8H,4-5,7H2,1H3,(H,12,13)(H,14,15). The monoisotopic (exact) mass is 257 g/mol. The minimum atomic E-state index is -1.07. The van der Waals surface area contributed by atoms with Crippen molar-refractivity contribution >= 4 is 23.2 Å². The number of amides is 1. The molecule has 0 saturated heterocycles. The largest absolute Gasteiger partial charge is 0.479 e. The number of rotatable bonds is 7. The summed E-state index contributed by atoms with van der Waals surface area (Å²) in [5, 5.41) is 13.2. The zero-order valence-electron chi connectivity index (χ0n) is 9.51. The molecule has 1 amide bonds. The van der Waals surface area contributed by atoms with Crippen molar-refractivity contribution in [1.29, 1.82) is 0 Å². The SMILES string of the molecule is CC(OCC(=O)NCCc1cccs1)C(=O)O. The Morgan fingerprint density at radius 2 is 2.35 bits per heavy atom. The number of hydrogen-bond donors (Lipinski definition) is 2. The van der Waals surface area contributed by atoms with Crippen LogP contribution in [0.2, 0.25) is 0 Å². The van der Waals surface area contributed by atoms with Gasteiger partial charge in [0.2, 0.25) is 5.91 Å². The average molecular weight is 257 g/mol. The molecule has 1 aromatic heterocycles. The maximum absolute atomic E-state index is 11.3. The molecule has 5 nitrogen and oxygen atoms in total. The lowest BCUT2D eigenvalue weighted by molar-refractivity contribution is -0.150. The van der Waals surface area contributed by atoms with Gasteiger partial charge in [-0.1, -0.05) is 6.07 Å². The predicted octanol–water partition coefficient (Wildman–Crippen LogP) is 0.896. The van der Waals surface area contributed by atoms with Crippen molar-refractivity contribution in [3.05, 3.63) is 22.4 Å². The summed E-state index contributed by atoms with van der Waals surface area (Å²) in [4.78, 5) is 22.9. The van der Waals surface area contributed by atoms with E-state index >= 15 is 0 Å². The Bertz CT molecular complexity index is 364. The van der Waals surface area contributed by atoms with Crippen LogP contribution in [0.25, 0.3) is 0 Å². The van der Waals surface area contributed by atoms with Gasteiger partial charge < -0.3 is 15.2 Å². The first-order valence-electron chi connectivity index (χ1n) is 5.23. The van der Waals surface area contributed by atoms with Crippen LogP contribution in [-0.2, 0) is 20.7 Å². The van der Waals surface area contributed by atoms with E-state index < -0.39 is 12.1 Å². The summed E-state index contributed by atoms with van der Waals surface area (Å²) in [5.74, 6) is -1.37. The molecule has 17 heavy (non-hydrogen) atoms. The Morgan fingerprint density at radius 1 is 1.59 bits per heavy atom. The van der Waals surface area contributed by atoms with E-state index in [1.807, 2.05) is 17.5 Å². The molecule has 0 aromatic carbocycles. The molecule has 0 bridgehead atoms. The second-order valence-corrected chi connectivity index (χ2v) is 4.50. The van der Waals surface area contributed by atoms with Gasteiger partial charge in [-0.05, 0) is 24.8 Å². The lowest BCUT2D eigenvalue weighted by Crippen LogP contribution is -2.32. The quantitative estimate of drug-likeness (QED) is 0.761. The van der Waals surface area contributed by atoms with E-state index in [-0.39, 0.29) is 12.5 Å². The highest BCUT2D eigenvalue weighted by Gasteiger charge is 2.12. The second kappa shape index (κ2) is 7.03. The van der Waals surface area contributed by atoms with Crippen LogP contribution in [0.4, 0.5) is 0 Å². The Kier molecular flexibility index (Phi) is 5.65. The molecule has 0 spiro atoms. The number of hydrogen-bond acceptors (Lipinski definition) is 4. The first-order valence-corrected chi connectivity index (χ1v) is 6.11. The average Bonchev–Trinajstić information content (AvgIpc) is 2.78. The van der Waals surface area contributed by atoms with Crippen molar-refractivity contribution < 1.29 is 19.4 Å². The number of aliphatic carboxylic acids is 1. The summed E-state index contributed by atoms with van der Waals surface area (Å²) >= 11 is 1.64. The van der Waals surface area contributed by atoms with Gasteiger partial charge in [0.25, 0.3) is 0 Å². The summed E-state index contributed by atoms with van der Waals surface area (Å²) < 4.78 is 4.84. The Balaban J connectivity index is 2.11. The fraction of sp³-hybridized carbons (Fsp3) is 0.455. The first kappa shape index (κ1) is 13.7. The van der Waals surface area contributed by atoms with Gasteiger partial charge in [-0.2, -0.15) is 0 Å². The smallest absolute Gasteiger partial charge is 0.332 e. The van der Waals surface area contributed by atoms with Gasteiger partial charge in [-0.25, -0.2) is 4.79 Å². The van der Waals surface area contributed by atoms with E-state index in [1.165, 1.54) is 11.8 Å². The van der Waals surface area contributed by atoms with Crippen LogP contribution in [0, 0.1) is 0 Å². The highest BCUT2D eigenvalue weighted by molar-refractivity contribution is 7.09. The van der Waals surface area contributed by atoms with Crippen molar-refractivity contribution in [2.75, 3.05) is 13.2 Å². The number of ether oxygens (including phenoxy) is 1. The molecule has 1 aromatic rings. The van der Waals surface area contributed by atoms with Crippen molar-refractivity contribution in [3.8, 4) is 0 Å². The van der Waals surface area contributed by atoms with Gasteiger partial charge >= 0.3 is 5.97 Å². The van der Waals surface area contributed by atoms with Gasteiger partial charge in [0, 0.05) is 11.4 Å². The molecule has 0 radical (unpaired) electrons. The topological polar surface area (TPSA) is 75.6 Å². The lowest BCUT2D eigenvalue weighted by Gasteiger charge is -2.08. The Labute approximate surface area is 103 Å². The van der Waals surface area contributed by atoms with Gasteiger partial charge in [0.15, 0.2) is 6.10 Å². The van der Waals surface area contributed by atoms with Crippen molar-refractivity contribution in [3.63, 3.8) is 0 Å².